The Hall–Kier alpha value is -1.80. The Labute approximate surface area is 294 Å². The van der Waals surface area contributed by atoms with Crippen molar-refractivity contribution in [3.05, 3.63) is 0 Å². The van der Waals surface area contributed by atoms with Crippen molar-refractivity contribution in [3.8, 4) is 0 Å². The molecule has 0 amide bonds. The van der Waals surface area contributed by atoms with Crippen LogP contribution in [0.4, 0.5) is 0 Å². The second-order valence-electron chi connectivity index (χ2n) is 13.7. The second-order valence-corrected chi connectivity index (χ2v) is 13.7. The third-order valence-corrected chi connectivity index (χ3v) is 9.50. The Morgan fingerprint density at radius 2 is 0.646 bits per heavy atom. The summed E-state index contributed by atoms with van der Waals surface area (Å²) < 4.78 is 10.6. The molecule has 2 atom stereocenters. The molecular weight excluding hydrogens is 608 g/mol. The smallest absolute Gasteiger partial charge is 0.349 e. The van der Waals surface area contributed by atoms with E-state index in [1.54, 1.807) is 13.8 Å². The van der Waals surface area contributed by atoms with Crippen molar-refractivity contribution in [2.75, 3.05) is 0 Å². The van der Waals surface area contributed by atoms with Gasteiger partial charge in [0.1, 0.15) is 0 Å². The molecule has 0 spiro atoms. The Bertz CT molecular complexity index is 775. The van der Waals surface area contributed by atoms with Crippen molar-refractivity contribution in [2.24, 2.45) is 0 Å². The van der Waals surface area contributed by atoms with Gasteiger partial charge < -0.3 is 9.47 Å². The Morgan fingerprint density at radius 3 is 0.917 bits per heavy atom. The lowest BCUT2D eigenvalue weighted by Crippen LogP contribution is -2.50. The number of carbonyl (C=O) groups excluding carboxylic acids is 4. The first-order valence-electron chi connectivity index (χ1n) is 20.1. The molecule has 8 heteroatoms. The normalized spacial score (nSPS) is 13.9. The van der Waals surface area contributed by atoms with Crippen molar-refractivity contribution < 1.29 is 38.4 Å². The van der Waals surface area contributed by atoms with Gasteiger partial charge in [-0.15, -0.1) is 0 Å². The summed E-state index contributed by atoms with van der Waals surface area (Å²) >= 11 is 0. The lowest BCUT2D eigenvalue weighted by Gasteiger charge is -2.35. The van der Waals surface area contributed by atoms with Gasteiger partial charge in [0.25, 0.3) is 0 Å². The third kappa shape index (κ3) is 20.7. The molecule has 0 N–H and O–H groups in total. The number of hydrogen-bond donors (Lipinski definition) is 0. The molecule has 0 radical (unpaired) electrons. The van der Waals surface area contributed by atoms with E-state index in [0.29, 0.717) is 25.7 Å². The van der Waals surface area contributed by atoms with Crippen LogP contribution >= 0.6 is 0 Å². The minimum Gasteiger partial charge on any atom is -0.391 e. The molecular formula is C40H74O8. The van der Waals surface area contributed by atoms with Crippen LogP contribution in [0.5, 0.6) is 0 Å². The highest BCUT2D eigenvalue weighted by Gasteiger charge is 2.48. The average Bonchev–Trinajstić information content (AvgIpc) is 3.08. The van der Waals surface area contributed by atoms with Crippen molar-refractivity contribution in [3.63, 3.8) is 0 Å². The second kappa shape index (κ2) is 30.1. The predicted molar refractivity (Wildman–Crippen MR) is 193 cm³/mol. The van der Waals surface area contributed by atoms with Gasteiger partial charge in [0.15, 0.2) is 0 Å². The number of unbranched alkanes of at least 4 members (excludes halogenated alkanes) is 18. The maximum Gasteiger partial charge on any atom is 0.349 e. The van der Waals surface area contributed by atoms with E-state index in [1.165, 1.54) is 64.2 Å². The van der Waals surface area contributed by atoms with E-state index in [9.17, 15) is 19.2 Å². The van der Waals surface area contributed by atoms with Crippen LogP contribution in [-0.2, 0) is 38.4 Å². The maximum absolute atomic E-state index is 13.5. The summed E-state index contributed by atoms with van der Waals surface area (Å²) in [6, 6.07) is 0. The first-order chi connectivity index (χ1) is 23.2. The number of ether oxygens (including phenoxy) is 2. The molecule has 0 aromatic heterocycles. The van der Waals surface area contributed by atoms with Crippen molar-refractivity contribution in [1.82, 2.24) is 0 Å². The van der Waals surface area contributed by atoms with Gasteiger partial charge in [0, 0.05) is 12.8 Å². The van der Waals surface area contributed by atoms with Crippen molar-refractivity contribution in [1.29, 1.82) is 0 Å². The van der Waals surface area contributed by atoms with Crippen LogP contribution in [0.3, 0.4) is 0 Å². The van der Waals surface area contributed by atoms with E-state index in [2.05, 4.69) is 13.8 Å². The van der Waals surface area contributed by atoms with E-state index >= 15 is 0 Å². The lowest BCUT2D eigenvalue weighted by molar-refractivity contribution is -0.403. The van der Waals surface area contributed by atoms with Crippen LogP contribution in [0, 0.1) is 0 Å². The first kappa shape index (κ1) is 46.2. The predicted octanol–water partition coefficient (Wildman–Crippen LogP) is 11.6. The number of rotatable bonds is 33. The molecule has 0 aliphatic heterocycles. The maximum atomic E-state index is 13.5. The summed E-state index contributed by atoms with van der Waals surface area (Å²) in [5, 5.41) is 0. The summed E-state index contributed by atoms with van der Waals surface area (Å²) in [5.74, 6) is -2.74. The zero-order valence-electron chi connectivity index (χ0n) is 32.1. The molecule has 0 bridgehead atoms. The zero-order chi connectivity index (χ0) is 35.9. The van der Waals surface area contributed by atoms with Crippen LogP contribution in [-0.4, -0.2) is 35.1 Å². The lowest BCUT2D eigenvalue weighted by atomic mass is 9.93. The van der Waals surface area contributed by atoms with Gasteiger partial charge in [0.2, 0.25) is 11.2 Å². The van der Waals surface area contributed by atoms with E-state index in [1.807, 2.05) is 13.8 Å². The molecule has 0 saturated carbocycles. The largest absolute Gasteiger partial charge is 0.391 e. The van der Waals surface area contributed by atoms with E-state index in [4.69, 9.17) is 19.2 Å². The fourth-order valence-corrected chi connectivity index (χ4v) is 5.85. The molecule has 0 rings (SSSR count). The molecule has 0 aromatic rings. The fourth-order valence-electron chi connectivity index (χ4n) is 5.85. The van der Waals surface area contributed by atoms with E-state index in [-0.39, 0.29) is 38.5 Å². The summed E-state index contributed by atoms with van der Waals surface area (Å²) in [6.07, 6.45) is 24.3. The molecule has 0 aromatic carbocycles. The molecule has 48 heavy (non-hydrogen) atoms. The van der Waals surface area contributed by atoms with Crippen molar-refractivity contribution >= 4 is 23.9 Å². The topological polar surface area (TPSA) is 105 Å². The van der Waals surface area contributed by atoms with Gasteiger partial charge in [-0.05, 0) is 38.5 Å². The highest BCUT2D eigenvalue weighted by Crippen LogP contribution is 2.33. The van der Waals surface area contributed by atoms with E-state index < -0.39 is 35.1 Å². The van der Waals surface area contributed by atoms with Gasteiger partial charge >= 0.3 is 23.9 Å². The molecule has 0 aliphatic rings. The monoisotopic (exact) mass is 683 g/mol. The highest BCUT2D eigenvalue weighted by atomic mass is 17.2. The summed E-state index contributed by atoms with van der Waals surface area (Å²) in [6.45, 7) is 12.0. The summed E-state index contributed by atoms with van der Waals surface area (Å²) in [4.78, 5) is 64.1. The fraction of sp³-hybridized carbons (Fsp3) is 0.900. The van der Waals surface area contributed by atoms with E-state index in [0.717, 1.165) is 51.4 Å². The molecule has 0 saturated heterocycles. The summed E-state index contributed by atoms with van der Waals surface area (Å²) in [5.41, 5.74) is -3.12. The molecule has 0 heterocycles. The minimum absolute atomic E-state index is 0.165. The minimum atomic E-state index is -1.56. The number of esters is 4. The van der Waals surface area contributed by atoms with Gasteiger partial charge in [0.05, 0.1) is 0 Å². The Balaban J connectivity index is 5.20. The van der Waals surface area contributed by atoms with Crippen LogP contribution in [0.15, 0.2) is 0 Å². The van der Waals surface area contributed by atoms with Gasteiger partial charge in [-0.25, -0.2) is 19.4 Å². The van der Waals surface area contributed by atoms with Crippen LogP contribution in [0.2, 0.25) is 0 Å². The number of hydrogen-bond acceptors (Lipinski definition) is 8. The SMILES string of the molecule is CCCCCCCCCCCC(=O)OC(=O)C(CC)(CCCC)OOC(CC)(CCCC)C(=O)OC(=O)CCCCCCCCCCC. The van der Waals surface area contributed by atoms with Crippen molar-refractivity contribution in [2.45, 2.75) is 233 Å². The van der Waals surface area contributed by atoms with Gasteiger partial charge in [-0.3, -0.25) is 9.59 Å². The quantitative estimate of drug-likeness (QED) is 0.0221. The first-order valence-corrected chi connectivity index (χ1v) is 20.1. The van der Waals surface area contributed by atoms with Crippen LogP contribution in [0.1, 0.15) is 221 Å². The standard InChI is InChI=1S/C40H74O8/c1-7-13-17-19-21-23-25-27-29-31-35(41)45-37(43)39(11-5,33-15-9-3)47-48-40(12-6,34-16-10-4)38(44)46-36(42)32-30-28-26-24-22-20-18-14-8-2/h7-34H2,1-6H3. The van der Waals surface area contributed by atoms with Crippen LogP contribution < -0.4 is 0 Å². The Morgan fingerprint density at radius 1 is 0.375 bits per heavy atom. The van der Waals surface area contributed by atoms with Gasteiger partial charge in [-0.2, -0.15) is 0 Å². The molecule has 0 fully saturated rings. The Kier molecular flexibility index (Phi) is 28.9. The molecule has 2 unspecified atom stereocenters. The number of carbonyl (C=O) groups is 4. The third-order valence-electron chi connectivity index (χ3n) is 9.50. The van der Waals surface area contributed by atoms with Gasteiger partial charge in [-0.1, -0.05) is 170 Å². The molecule has 282 valence electrons. The average molecular weight is 683 g/mol. The molecule has 0 aliphatic carbocycles. The zero-order valence-corrected chi connectivity index (χ0v) is 32.1. The molecule has 8 nitrogen and oxygen atoms in total. The summed E-state index contributed by atoms with van der Waals surface area (Å²) in [7, 11) is 0. The van der Waals surface area contributed by atoms with Crippen LogP contribution in [0.25, 0.3) is 0 Å². The highest BCUT2D eigenvalue weighted by molar-refractivity contribution is 5.91.